The van der Waals surface area contributed by atoms with Crippen molar-refractivity contribution in [1.29, 1.82) is 0 Å². The Kier molecular flexibility index (Phi) is 5.50. The Morgan fingerprint density at radius 2 is 2.24 bits per heavy atom. The summed E-state index contributed by atoms with van der Waals surface area (Å²) < 4.78 is 0. The van der Waals surface area contributed by atoms with Crippen LogP contribution >= 0.6 is 0 Å². The van der Waals surface area contributed by atoms with Gasteiger partial charge in [0.25, 0.3) is 0 Å². The minimum absolute atomic E-state index is 0.0691. The van der Waals surface area contributed by atoms with E-state index in [-0.39, 0.29) is 6.54 Å². The van der Waals surface area contributed by atoms with E-state index in [0.29, 0.717) is 24.4 Å². The van der Waals surface area contributed by atoms with Crippen molar-refractivity contribution in [3.05, 3.63) is 0 Å². The number of rotatable bonds is 5. The van der Waals surface area contributed by atoms with E-state index in [1.807, 2.05) is 4.90 Å². The van der Waals surface area contributed by atoms with Gasteiger partial charge in [0, 0.05) is 6.04 Å². The molecule has 0 spiro atoms. The van der Waals surface area contributed by atoms with Gasteiger partial charge in [-0.1, -0.05) is 32.6 Å². The molecular weight excluding hydrogens is 214 g/mol. The van der Waals surface area contributed by atoms with E-state index < -0.39 is 5.97 Å². The number of hydrogen-bond acceptors (Lipinski definition) is 2. The number of carbonyl (C=O) groups is 1. The van der Waals surface area contributed by atoms with Gasteiger partial charge in [0.2, 0.25) is 0 Å². The van der Waals surface area contributed by atoms with Gasteiger partial charge in [-0.25, -0.2) is 0 Å². The molecule has 1 fully saturated rings. The van der Waals surface area contributed by atoms with Crippen LogP contribution in [-0.4, -0.2) is 35.1 Å². The summed E-state index contributed by atoms with van der Waals surface area (Å²) in [5, 5.41) is 8.91. The van der Waals surface area contributed by atoms with Crippen LogP contribution in [0.3, 0.4) is 0 Å². The van der Waals surface area contributed by atoms with Crippen molar-refractivity contribution in [3.63, 3.8) is 0 Å². The highest BCUT2D eigenvalue weighted by molar-refractivity contribution is 5.69. The number of aliphatic carboxylic acids is 1. The van der Waals surface area contributed by atoms with Crippen LogP contribution in [0.5, 0.6) is 0 Å². The van der Waals surface area contributed by atoms with Crippen LogP contribution in [0, 0.1) is 24.2 Å². The van der Waals surface area contributed by atoms with Gasteiger partial charge in [-0.15, -0.1) is 6.42 Å². The quantitative estimate of drug-likeness (QED) is 0.745. The molecule has 0 heterocycles. The Balaban J connectivity index is 2.60. The lowest BCUT2D eigenvalue weighted by Crippen LogP contribution is -2.42. The van der Waals surface area contributed by atoms with Gasteiger partial charge in [0.05, 0.1) is 13.1 Å². The Hall–Kier alpha value is -1.01. The zero-order chi connectivity index (χ0) is 12.8. The second-order valence-electron chi connectivity index (χ2n) is 5.33. The minimum atomic E-state index is -0.785. The third-order valence-corrected chi connectivity index (χ3v) is 3.78. The summed E-state index contributed by atoms with van der Waals surface area (Å²) in [6.07, 6.45) is 9.95. The predicted molar refractivity (Wildman–Crippen MR) is 68.6 cm³/mol. The third-order valence-electron chi connectivity index (χ3n) is 3.78. The van der Waals surface area contributed by atoms with Crippen LogP contribution in [-0.2, 0) is 4.79 Å². The third kappa shape index (κ3) is 4.40. The molecule has 0 radical (unpaired) electrons. The lowest BCUT2D eigenvalue weighted by molar-refractivity contribution is -0.139. The first kappa shape index (κ1) is 14.1. The highest BCUT2D eigenvalue weighted by atomic mass is 16.4. The van der Waals surface area contributed by atoms with Gasteiger partial charge < -0.3 is 5.11 Å². The Morgan fingerprint density at radius 3 is 2.76 bits per heavy atom. The molecule has 1 rings (SSSR count). The Morgan fingerprint density at radius 1 is 1.53 bits per heavy atom. The van der Waals surface area contributed by atoms with Crippen LogP contribution < -0.4 is 0 Å². The zero-order valence-corrected chi connectivity index (χ0v) is 10.9. The maximum atomic E-state index is 10.8. The molecule has 96 valence electrons. The van der Waals surface area contributed by atoms with Crippen molar-refractivity contribution in [2.24, 2.45) is 11.8 Å². The van der Waals surface area contributed by atoms with Crippen LogP contribution in [0.2, 0.25) is 0 Å². The monoisotopic (exact) mass is 237 g/mol. The first-order valence-corrected chi connectivity index (χ1v) is 6.44. The van der Waals surface area contributed by atoms with Gasteiger partial charge in [-0.3, -0.25) is 9.69 Å². The van der Waals surface area contributed by atoms with Gasteiger partial charge in [0.1, 0.15) is 0 Å². The van der Waals surface area contributed by atoms with Crippen molar-refractivity contribution in [2.45, 2.75) is 45.6 Å². The number of hydrogen-bond donors (Lipinski definition) is 1. The molecule has 2 unspecified atom stereocenters. The predicted octanol–water partition coefficient (Wildman–Crippen LogP) is 2.22. The van der Waals surface area contributed by atoms with Crippen molar-refractivity contribution < 1.29 is 9.90 Å². The maximum Gasteiger partial charge on any atom is 0.317 e. The number of terminal acetylenes is 1. The van der Waals surface area contributed by atoms with Crippen LogP contribution in [0.25, 0.3) is 0 Å². The molecule has 17 heavy (non-hydrogen) atoms. The van der Waals surface area contributed by atoms with E-state index in [1.165, 1.54) is 12.8 Å². The van der Waals surface area contributed by atoms with Gasteiger partial charge in [-0.2, -0.15) is 0 Å². The van der Waals surface area contributed by atoms with E-state index in [9.17, 15) is 4.79 Å². The standard InChI is InChI=1S/C14H23NO2/c1-4-8-15(10-14(16)17)13-7-5-6-12(9-13)11(2)3/h1,11-13H,5-10H2,2-3H3,(H,16,17). The van der Waals surface area contributed by atoms with E-state index in [1.54, 1.807) is 0 Å². The fourth-order valence-electron chi connectivity index (χ4n) is 2.74. The summed E-state index contributed by atoms with van der Waals surface area (Å²) in [7, 11) is 0. The minimum Gasteiger partial charge on any atom is -0.480 e. The van der Waals surface area contributed by atoms with Crippen LogP contribution in [0.1, 0.15) is 39.5 Å². The number of carboxylic acids is 1. The topological polar surface area (TPSA) is 40.5 Å². The molecule has 0 aromatic heterocycles. The summed E-state index contributed by atoms with van der Waals surface area (Å²) in [6, 6.07) is 0.350. The molecule has 0 aromatic rings. The average molecular weight is 237 g/mol. The summed E-state index contributed by atoms with van der Waals surface area (Å²) in [5.41, 5.74) is 0. The van der Waals surface area contributed by atoms with E-state index in [4.69, 9.17) is 11.5 Å². The van der Waals surface area contributed by atoms with Gasteiger partial charge >= 0.3 is 5.97 Å². The first-order chi connectivity index (χ1) is 8.04. The molecule has 3 heteroatoms. The highest BCUT2D eigenvalue weighted by Gasteiger charge is 2.28. The van der Waals surface area contributed by atoms with E-state index in [0.717, 1.165) is 12.8 Å². The largest absolute Gasteiger partial charge is 0.480 e. The fourth-order valence-corrected chi connectivity index (χ4v) is 2.74. The van der Waals surface area contributed by atoms with Crippen LogP contribution in [0.15, 0.2) is 0 Å². The Bertz CT molecular complexity index is 293. The van der Waals surface area contributed by atoms with Crippen molar-refractivity contribution >= 4 is 5.97 Å². The van der Waals surface area contributed by atoms with Crippen molar-refractivity contribution in [3.8, 4) is 12.3 Å². The maximum absolute atomic E-state index is 10.8. The summed E-state index contributed by atoms with van der Waals surface area (Å²) >= 11 is 0. The molecule has 0 aliphatic heterocycles. The molecule has 0 aromatic carbocycles. The highest BCUT2D eigenvalue weighted by Crippen LogP contribution is 2.32. The Labute approximate surface area is 104 Å². The van der Waals surface area contributed by atoms with E-state index in [2.05, 4.69) is 19.8 Å². The average Bonchev–Trinajstić information content (AvgIpc) is 2.28. The van der Waals surface area contributed by atoms with Crippen molar-refractivity contribution in [1.82, 2.24) is 4.90 Å². The van der Waals surface area contributed by atoms with Gasteiger partial charge in [0.15, 0.2) is 0 Å². The molecule has 0 amide bonds. The number of carboxylic acid groups (broad SMARTS) is 1. The second kappa shape index (κ2) is 6.66. The van der Waals surface area contributed by atoms with E-state index >= 15 is 0 Å². The lowest BCUT2D eigenvalue weighted by Gasteiger charge is -2.37. The molecule has 1 aliphatic carbocycles. The summed E-state index contributed by atoms with van der Waals surface area (Å²) in [5.74, 6) is 3.18. The smallest absolute Gasteiger partial charge is 0.317 e. The van der Waals surface area contributed by atoms with Crippen LogP contribution in [0.4, 0.5) is 0 Å². The second-order valence-corrected chi connectivity index (χ2v) is 5.33. The molecule has 2 atom stereocenters. The number of nitrogens with zero attached hydrogens (tertiary/aromatic N) is 1. The molecule has 0 bridgehead atoms. The molecule has 1 saturated carbocycles. The summed E-state index contributed by atoms with van der Waals surface area (Å²) in [4.78, 5) is 12.8. The fraction of sp³-hybridized carbons (Fsp3) is 0.786. The van der Waals surface area contributed by atoms with Crippen molar-refractivity contribution in [2.75, 3.05) is 13.1 Å². The molecule has 3 nitrogen and oxygen atoms in total. The molecular formula is C14H23NO2. The molecule has 1 N–H and O–H groups in total. The first-order valence-electron chi connectivity index (χ1n) is 6.44. The normalized spacial score (nSPS) is 24.9. The SMILES string of the molecule is C#CCN(CC(=O)O)C1CCCC(C(C)C)C1. The summed E-state index contributed by atoms with van der Waals surface area (Å²) in [6.45, 7) is 5.01. The van der Waals surface area contributed by atoms with Gasteiger partial charge in [-0.05, 0) is 24.7 Å². The molecule has 1 aliphatic rings. The zero-order valence-electron chi connectivity index (χ0n) is 10.9. The molecule has 0 saturated heterocycles. The lowest BCUT2D eigenvalue weighted by atomic mass is 9.79.